The third kappa shape index (κ3) is 2.62. The first-order valence-electron chi connectivity index (χ1n) is 7.46. The zero-order chi connectivity index (χ0) is 15.6. The molecular formula is C19H16N2OS. The lowest BCUT2D eigenvalue weighted by atomic mass is 10.2. The Morgan fingerprint density at radius 2 is 1.96 bits per heavy atom. The number of hydrogen-bond acceptors (Lipinski definition) is 3. The van der Waals surface area contributed by atoms with Crippen molar-refractivity contribution in [3.63, 3.8) is 0 Å². The van der Waals surface area contributed by atoms with Crippen LogP contribution in [0, 0.1) is 0 Å². The highest BCUT2D eigenvalue weighted by Gasteiger charge is 2.11. The minimum Gasteiger partial charge on any atom is -0.497 e. The summed E-state index contributed by atoms with van der Waals surface area (Å²) in [5.41, 5.74) is 3.48. The third-order valence-corrected chi connectivity index (χ3v) is 4.82. The average Bonchev–Trinajstić information content (AvgIpc) is 3.26. The highest BCUT2D eigenvalue weighted by atomic mass is 32.1. The topological polar surface area (TPSA) is 27.1 Å². The first kappa shape index (κ1) is 14.0. The molecule has 4 rings (SSSR count). The van der Waals surface area contributed by atoms with Gasteiger partial charge in [-0.15, -0.1) is 11.3 Å². The molecule has 0 saturated carbocycles. The van der Waals surface area contributed by atoms with Crippen molar-refractivity contribution in [2.75, 3.05) is 7.11 Å². The van der Waals surface area contributed by atoms with Crippen LogP contribution in [0.3, 0.4) is 0 Å². The van der Waals surface area contributed by atoms with Crippen molar-refractivity contribution in [2.45, 2.75) is 6.54 Å². The Bertz CT molecular complexity index is 924. The molecule has 3 aromatic heterocycles. The summed E-state index contributed by atoms with van der Waals surface area (Å²) in [7, 11) is 1.69. The summed E-state index contributed by atoms with van der Waals surface area (Å²) >= 11 is 1.72. The summed E-state index contributed by atoms with van der Waals surface area (Å²) in [6.07, 6.45) is 4.02. The van der Waals surface area contributed by atoms with E-state index in [1.807, 2.05) is 18.3 Å². The summed E-state index contributed by atoms with van der Waals surface area (Å²) in [5, 5.41) is 3.31. The number of hydrogen-bond donors (Lipinski definition) is 0. The first-order chi connectivity index (χ1) is 11.3. The molecule has 0 atom stereocenters. The van der Waals surface area contributed by atoms with Crippen LogP contribution in [0.1, 0.15) is 5.56 Å². The molecule has 3 nitrogen and oxygen atoms in total. The second-order valence-corrected chi connectivity index (χ2v) is 6.31. The van der Waals surface area contributed by atoms with Gasteiger partial charge < -0.3 is 9.30 Å². The van der Waals surface area contributed by atoms with E-state index in [9.17, 15) is 0 Å². The fourth-order valence-electron chi connectivity index (χ4n) is 2.80. The van der Waals surface area contributed by atoms with E-state index in [4.69, 9.17) is 4.74 Å². The van der Waals surface area contributed by atoms with Gasteiger partial charge in [-0.05, 0) is 41.3 Å². The monoisotopic (exact) mass is 320 g/mol. The maximum Gasteiger partial charge on any atom is 0.118 e. The molecule has 1 aromatic carbocycles. The lowest BCUT2D eigenvalue weighted by Gasteiger charge is -2.09. The quantitative estimate of drug-likeness (QED) is 0.539. The van der Waals surface area contributed by atoms with E-state index < -0.39 is 0 Å². The van der Waals surface area contributed by atoms with Crippen molar-refractivity contribution < 1.29 is 4.74 Å². The highest BCUT2D eigenvalue weighted by molar-refractivity contribution is 7.13. The van der Waals surface area contributed by atoms with Crippen LogP contribution in [-0.4, -0.2) is 16.7 Å². The summed E-state index contributed by atoms with van der Waals surface area (Å²) < 4.78 is 7.49. The molecule has 3 heterocycles. The fourth-order valence-corrected chi connectivity index (χ4v) is 3.52. The maximum atomic E-state index is 5.23. The molecule has 23 heavy (non-hydrogen) atoms. The molecular weight excluding hydrogens is 304 g/mol. The van der Waals surface area contributed by atoms with Gasteiger partial charge in [0.1, 0.15) is 11.4 Å². The summed E-state index contributed by atoms with van der Waals surface area (Å²) in [4.78, 5) is 5.82. The summed E-state index contributed by atoms with van der Waals surface area (Å²) in [5.74, 6) is 0.882. The lowest BCUT2D eigenvalue weighted by Crippen LogP contribution is -1.99. The van der Waals surface area contributed by atoms with Crippen LogP contribution in [0.2, 0.25) is 0 Å². The second kappa shape index (κ2) is 5.89. The van der Waals surface area contributed by atoms with E-state index in [-0.39, 0.29) is 0 Å². The molecule has 114 valence electrons. The summed E-state index contributed by atoms with van der Waals surface area (Å²) in [6.45, 7) is 0.817. The van der Waals surface area contributed by atoms with E-state index in [1.165, 1.54) is 21.3 Å². The smallest absolute Gasteiger partial charge is 0.118 e. The van der Waals surface area contributed by atoms with Gasteiger partial charge in [0.15, 0.2) is 0 Å². The minimum absolute atomic E-state index is 0.817. The van der Waals surface area contributed by atoms with Gasteiger partial charge >= 0.3 is 0 Å². The van der Waals surface area contributed by atoms with Crippen LogP contribution >= 0.6 is 11.3 Å². The lowest BCUT2D eigenvalue weighted by molar-refractivity contribution is 0.414. The summed E-state index contributed by atoms with van der Waals surface area (Å²) in [6, 6.07) is 16.6. The Balaban J connectivity index is 1.78. The number of ether oxygens (including phenoxy) is 1. The number of aromatic nitrogens is 2. The van der Waals surface area contributed by atoms with Crippen molar-refractivity contribution in [1.82, 2.24) is 9.55 Å². The van der Waals surface area contributed by atoms with Gasteiger partial charge in [0.2, 0.25) is 0 Å². The van der Waals surface area contributed by atoms with Crippen LogP contribution in [0.5, 0.6) is 5.75 Å². The maximum absolute atomic E-state index is 5.23. The second-order valence-electron chi connectivity index (χ2n) is 5.37. The van der Waals surface area contributed by atoms with Crippen molar-refractivity contribution in [1.29, 1.82) is 0 Å². The van der Waals surface area contributed by atoms with E-state index >= 15 is 0 Å². The first-order valence-corrected chi connectivity index (χ1v) is 8.34. The molecule has 0 spiro atoms. The van der Waals surface area contributed by atoms with E-state index in [0.717, 1.165) is 18.0 Å². The Morgan fingerprint density at radius 3 is 2.70 bits per heavy atom. The Labute approximate surface area is 138 Å². The van der Waals surface area contributed by atoms with Gasteiger partial charge in [-0.3, -0.25) is 4.98 Å². The van der Waals surface area contributed by atoms with Crippen molar-refractivity contribution in [3.8, 4) is 16.3 Å². The molecule has 4 aromatic rings. The molecule has 0 unspecified atom stereocenters. The van der Waals surface area contributed by atoms with E-state index in [2.05, 4.69) is 57.5 Å². The number of benzene rings is 1. The molecule has 0 bridgehead atoms. The SMILES string of the molecule is COc1ccc(Cn2ccc3ccnc(-c4cccs4)c32)cc1. The van der Waals surface area contributed by atoms with Crippen LogP contribution in [0.4, 0.5) is 0 Å². The Morgan fingerprint density at radius 1 is 1.09 bits per heavy atom. The standard InChI is InChI=1S/C19H16N2OS/c1-22-16-6-4-14(5-7-16)13-21-11-9-15-8-10-20-18(19(15)21)17-3-2-12-23-17/h2-12H,13H2,1H3. The number of methoxy groups -OCH3 is 1. The van der Waals surface area contributed by atoms with Crippen LogP contribution < -0.4 is 4.74 Å². The molecule has 0 radical (unpaired) electrons. The van der Waals surface area contributed by atoms with Gasteiger partial charge in [-0.2, -0.15) is 0 Å². The molecule has 0 saturated heterocycles. The highest BCUT2D eigenvalue weighted by Crippen LogP contribution is 2.30. The van der Waals surface area contributed by atoms with Gasteiger partial charge in [0, 0.05) is 24.3 Å². The largest absolute Gasteiger partial charge is 0.497 e. The van der Waals surface area contributed by atoms with Crippen LogP contribution in [0.15, 0.2) is 66.3 Å². The third-order valence-electron chi connectivity index (χ3n) is 3.94. The van der Waals surface area contributed by atoms with Crippen molar-refractivity contribution in [2.24, 2.45) is 0 Å². The van der Waals surface area contributed by atoms with Crippen molar-refractivity contribution >= 4 is 22.2 Å². The Kier molecular flexibility index (Phi) is 3.60. The van der Waals surface area contributed by atoms with Gasteiger partial charge in [-0.1, -0.05) is 18.2 Å². The van der Waals surface area contributed by atoms with Crippen LogP contribution in [0.25, 0.3) is 21.5 Å². The molecule has 0 amide bonds. The molecule has 0 aliphatic carbocycles. The molecule has 4 heteroatoms. The predicted molar refractivity (Wildman–Crippen MR) is 95.1 cm³/mol. The van der Waals surface area contributed by atoms with E-state index in [1.54, 1.807) is 18.4 Å². The average molecular weight is 320 g/mol. The predicted octanol–water partition coefficient (Wildman–Crippen LogP) is 4.82. The van der Waals surface area contributed by atoms with Crippen LogP contribution in [-0.2, 0) is 6.54 Å². The molecule has 0 aliphatic heterocycles. The number of nitrogens with zero attached hydrogens (tertiary/aromatic N) is 2. The number of rotatable bonds is 4. The molecule has 0 N–H and O–H groups in total. The number of thiophene rings is 1. The van der Waals surface area contributed by atoms with Gasteiger partial charge in [0.25, 0.3) is 0 Å². The zero-order valence-electron chi connectivity index (χ0n) is 12.8. The van der Waals surface area contributed by atoms with Gasteiger partial charge in [-0.25, -0.2) is 0 Å². The van der Waals surface area contributed by atoms with Crippen molar-refractivity contribution in [3.05, 3.63) is 71.9 Å². The van der Waals surface area contributed by atoms with Gasteiger partial charge in [0.05, 0.1) is 17.5 Å². The Hall–Kier alpha value is -2.59. The number of fused-ring (bicyclic) bond motifs is 1. The van der Waals surface area contributed by atoms with E-state index in [0.29, 0.717) is 0 Å². The fraction of sp³-hybridized carbons (Fsp3) is 0.105. The molecule has 0 aliphatic rings. The normalized spacial score (nSPS) is 11.0. The number of pyridine rings is 1. The minimum atomic E-state index is 0.817. The zero-order valence-corrected chi connectivity index (χ0v) is 13.6. The molecule has 0 fully saturated rings.